The maximum Gasteiger partial charge on any atom is 0.433 e. The van der Waals surface area contributed by atoms with Gasteiger partial charge in [0.05, 0.1) is 11.7 Å². The van der Waals surface area contributed by atoms with Crippen LogP contribution in [0.4, 0.5) is 13.2 Å². The van der Waals surface area contributed by atoms with Crippen LogP contribution in [0.5, 0.6) is 0 Å². The molecule has 3 heterocycles. The molecule has 0 aromatic carbocycles. The highest BCUT2D eigenvalue weighted by Gasteiger charge is 2.39. The Morgan fingerprint density at radius 3 is 2.86 bits per heavy atom. The second-order valence-electron chi connectivity index (χ2n) is 5.35. The van der Waals surface area contributed by atoms with E-state index in [1.165, 1.54) is 0 Å². The van der Waals surface area contributed by atoms with E-state index in [2.05, 4.69) is 15.3 Å². The minimum Gasteiger partial charge on any atom is -0.311 e. The van der Waals surface area contributed by atoms with Crippen LogP contribution in [0.25, 0.3) is 0 Å². The van der Waals surface area contributed by atoms with Crippen molar-refractivity contribution in [2.45, 2.75) is 25.2 Å². The van der Waals surface area contributed by atoms with Crippen LogP contribution in [0, 0.1) is 0 Å². The first kappa shape index (κ1) is 15.1. The fourth-order valence-corrected chi connectivity index (χ4v) is 3.93. The van der Waals surface area contributed by atoms with Crippen LogP contribution in [-0.4, -0.2) is 46.5 Å². The number of aromatic nitrogens is 2. The Bertz CT molecular complexity index is 535. The van der Waals surface area contributed by atoms with Gasteiger partial charge in [0.15, 0.2) is 5.69 Å². The highest BCUT2D eigenvalue weighted by molar-refractivity contribution is 7.99. The number of nitrogens with one attached hydrogen (secondary N) is 1. The molecule has 21 heavy (non-hydrogen) atoms. The van der Waals surface area contributed by atoms with Gasteiger partial charge in [-0.25, -0.2) is 9.97 Å². The SMILES string of the molecule is CN1CCSCC1c1nc2c(c(C(F)(F)F)n1)CCNC2. The molecular formula is C13H17F3N4S. The Labute approximate surface area is 125 Å². The molecule has 0 saturated carbocycles. The molecule has 2 aliphatic rings. The van der Waals surface area contributed by atoms with Gasteiger partial charge in [-0.3, -0.25) is 4.90 Å². The van der Waals surface area contributed by atoms with Gasteiger partial charge in [-0.05, 0) is 20.0 Å². The largest absolute Gasteiger partial charge is 0.433 e. The smallest absolute Gasteiger partial charge is 0.311 e. The zero-order chi connectivity index (χ0) is 15.0. The third-order valence-corrected chi connectivity index (χ3v) is 4.94. The highest BCUT2D eigenvalue weighted by Crippen LogP contribution is 2.35. The van der Waals surface area contributed by atoms with E-state index in [0.717, 1.165) is 18.1 Å². The van der Waals surface area contributed by atoms with Crippen LogP contribution in [0.2, 0.25) is 0 Å². The molecule has 4 nitrogen and oxygen atoms in total. The Kier molecular flexibility index (Phi) is 4.11. The molecule has 0 spiro atoms. The van der Waals surface area contributed by atoms with E-state index in [0.29, 0.717) is 31.0 Å². The predicted molar refractivity (Wildman–Crippen MR) is 75.1 cm³/mol. The normalized spacial score (nSPS) is 23.9. The van der Waals surface area contributed by atoms with Crippen molar-refractivity contribution in [3.8, 4) is 0 Å². The summed E-state index contributed by atoms with van der Waals surface area (Å²) >= 11 is 1.73. The maximum absolute atomic E-state index is 13.3. The van der Waals surface area contributed by atoms with E-state index in [9.17, 15) is 13.2 Å². The Morgan fingerprint density at radius 1 is 1.33 bits per heavy atom. The molecule has 2 aliphatic heterocycles. The molecule has 1 aromatic rings. The van der Waals surface area contributed by atoms with Gasteiger partial charge >= 0.3 is 6.18 Å². The first-order chi connectivity index (χ1) is 9.97. The summed E-state index contributed by atoms with van der Waals surface area (Å²) in [6.45, 7) is 1.77. The van der Waals surface area contributed by atoms with Crippen molar-refractivity contribution in [3.05, 3.63) is 22.8 Å². The average molecular weight is 318 g/mol. The quantitative estimate of drug-likeness (QED) is 0.856. The molecule has 1 fully saturated rings. The minimum atomic E-state index is -4.42. The Hall–Kier alpha value is -0.860. The van der Waals surface area contributed by atoms with Crippen molar-refractivity contribution in [1.29, 1.82) is 0 Å². The number of fused-ring (bicyclic) bond motifs is 1. The van der Waals surface area contributed by atoms with Gasteiger partial charge in [-0.1, -0.05) is 0 Å². The molecule has 3 rings (SSSR count). The van der Waals surface area contributed by atoms with Crippen LogP contribution < -0.4 is 5.32 Å². The number of nitrogens with zero attached hydrogens (tertiary/aromatic N) is 3. The van der Waals surface area contributed by atoms with Crippen molar-refractivity contribution >= 4 is 11.8 Å². The molecular weight excluding hydrogens is 301 g/mol. The maximum atomic E-state index is 13.3. The predicted octanol–water partition coefficient (Wildman–Crippen LogP) is 1.86. The number of thioether (sulfide) groups is 1. The lowest BCUT2D eigenvalue weighted by Gasteiger charge is -2.32. The second-order valence-corrected chi connectivity index (χ2v) is 6.50. The molecule has 116 valence electrons. The summed E-state index contributed by atoms with van der Waals surface area (Å²) in [4.78, 5) is 10.4. The van der Waals surface area contributed by atoms with E-state index < -0.39 is 11.9 Å². The molecule has 1 atom stereocenters. The topological polar surface area (TPSA) is 41.1 Å². The molecule has 1 saturated heterocycles. The van der Waals surface area contributed by atoms with Crippen molar-refractivity contribution in [2.24, 2.45) is 0 Å². The molecule has 0 radical (unpaired) electrons. The van der Waals surface area contributed by atoms with Gasteiger partial charge in [0.1, 0.15) is 5.82 Å². The second kappa shape index (κ2) is 5.73. The van der Waals surface area contributed by atoms with Crippen molar-refractivity contribution in [3.63, 3.8) is 0 Å². The van der Waals surface area contributed by atoms with Crippen molar-refractivity contribution in [2.75, 3.05) is 31.6 Å². The lowest BCUT2D eigenvalue weighted by molar-refractivity contribution is -0.142. The molecule has 1 N–H and O–H groups in total. The Balaban J connectivity index is 2.05. The van der Waals surface area contributed by atoms with Crippen LogP contribution >= 0.6 is 11.8 Å². The fourth-order valence-electron chi connectivity index (χ4n) is 2.72. The van der Waals surface area contributed by atoms with Crippen molar-refractivity contribution in [1.82, 2.24) is 20.2 Å². The Morgan fingerprint density at radius 2 is 2.14 bits per heavy atom. The number of rotatable bonds is 1. The summed E-state index contributed by atoms with van der Waals surface area (Å²) < 4.78 is 39.9. The van der Waals surface area contributed by atoms with Gasteiger partial charge in [-0.15, -0.1) is 0 Å². The summed E-state index contributed by atoms with van der Waals surface area (Å²) in [5, 5.41) is 3.08. The van der Waals surface area contributed by atoms with E-state index in [1.807, 2.05) is 11.9 Å². The summed E-state index contributed by atoms with van der Waals surface area (Å²) in [6, 6.07) is -0.142. The molecule has 0 aliphatic carbocycles. The van der Waals surface area contributed by atoms with Gasteiger partial charge in [0, 0.05) is 30.2 Å². The average Bonchev–Trinajstić information content (AvgIpc) is 2.45. The number of hydrogen-bond donors (Lipinski definition) is 1. The third kappa shape index (κ3) is 3.02. The number of halogens is 3. The van der Waals surface area contributed by atoms with Gasteiger partial charge in [-0.2, -0.15) is 24.9 Å². The van der Waals surface area contributed by atoms with Crippen LogP contribution in [-0.2, 0) is 19.1 Å². The standard InChI is InChI=1S/C13H17F3N4S/c1-20-4-5-21-7-10(20)12-18-9-6-17-3-2-8(9)11(19-12)13(14,15)16/h10,17H,2-7H2,1H3. The molecule has 1 unspecified atom stereocenters. The summed E-state index contributed by atoms with van der Waals surface area (Å²) in [7, 11) is 1.92. The summed E-state index contributed by atoms with van der Waals surface area (Å²) in [6.07, 6.45) is -4.08. The number of hydrogen-bond acceptors (Lipinski definition) is 5. The van der Waals surface area contributed by atoms with Crippen LogP contribution in [0.15, 0.2) is 0 Å². The van der Waals surface area contributed by atoms with E-state index >= 15 is 0 Å². The first-order valence-electron chi connectivity index (χ1n) is 6.92. The van der Waals surface area contributed by atoms with E-state index in [1.54, 1.807) is 11.8 Å². The molecule has 0 amide bonds. The highest BCUT2D eigenvalue weighted by atomic mass is 32.2. The lowest BCUT2D eigenvalue weighted by Crippen LogP contribution is -2.36. The van der Waals surface area contributed by atoms with E-state index in [4.69, 9.17) is 0 Å². The zero-order valence-electron chi connectivity index (χ0n) is 11.7. The van der Waals surface area contributed by atoms with Crippen LogP contribution in [0.1, 0.15) is 28.8 Å². The monoisotopic (exact) mass is 318 g/mol. The van der Waals surface area contributed by atoms with Crippen molar-refractivity contribution < 1.29 is 13.2 Å². The third-order valence-electron chi connectivity index (χ3n) is 3.92. The molecule has 0 bridgehead atoms. The van der Waals surface area contributed by atoms with Crippen LogP contribution in [0.3, 0.4) is 0 Å². The zero-order valence-corrected chi connectivity index (χ0v) is 12.5. The molecule has 1 aromatic heterocycles. The summed E-state index contributed by atoms with van der Waals surface area (Å²) in [5.41, 5.74) is 0.0200. The number of alkyl halides is 3. The van der Waals surface area contributed by atoms with Gasteiger partial charge in [0.25, 0.3) is 0 Å². The van der Waals surface area contributed by atoms with Gasteiger partial charge in [0.2, 0.25) is 0 Å². The first-order valence-corrected chi connectivity index (χ1v) is 8.08. The van der Waals surface area contributed by atoms with Gasteiger partial charge < -0.3 is 5.32 Å². The molecule has 8 heteroatoms. The fraction of sp³-hybridized carbons (Fsp3) is 0.692. The summed E-state index contributed by atoms with van der Waals surface area (Å²) in [5.74, 6) is 2.03. The minimum absolute atomic E-state index is 0.142. The lowest BCUT2D eigenvalue weighted by atomic mass is 10.0. The van der Waals surface area contributed by atoms with E-state index in [-0.39, 0.29) is 11.6 Å².